The van der Waals surface area contributed by atoms with Crippen molar-refractivity contribution in [3.8, 4) is 12.3 Å². The van der Waals surface area contributed by atoms with Crippen LogP contribution in [0.1, 0.15) is 28.2 Å². The fraction of sp³-hybridized carbons (Fsp3) is 0.545. The molecule has 0 spiro atoms. The van der Waals surface area contributed by atoms with E-state index in [1.54, 1.807) is 6.92 Å². The van der Waals surface area contributed by atoms with E-state index in [1.165, 1.54) is 6.92 Å². The van der Waals surface area contributed by atoms with Gasteiger partial charge in [0, 0.05) is 21.1 Å². The lowest BCUT2D eigenvalue weighted by molar-refractivity contribution is -0.114. The number of aldehydes is 1. The summed E-state index contributed by atoms with van der Waals surface area (Å²) in [4.78, 5) is 22.1. The van der Waals surface area contributed by atoms with Gasteiger partial charge in [0.25, 0.3) is 0 Å². The Kier molecular flexibility index (Phi) is 22.6. The Morgan fingerprint density at radius 2 is 1.68 bits per heavy atom. The Hall–Kier alpha value is -1.57. The Labute approximate surface area is 114 Å². The van der Waals surface area contributed by atoms with Gasteiger partial charge in [-0.3, -0.25) is 4.79 Å². The molecule has 0 rings (SSSR count). The number of ketones is 1. The van der Waals surface area contributed by atoms with E-state index >= 15 is 0 Å². The van der Waals surface area contributed by atoms with Gasteiger partial charge in [-0.2, -0.15) is 4.79 Å². The molecule has 0 atom stereocenters. The van der Waals surface area contributed by atoms with Crippen molar-refractivity contribution in [2.24, 2.45) is 0 Å². The molecule has 0 aliphatic carbocycles. The normalized spacial score (nSPS) is 7.79. The highest BCUT2D eigenvalue weighted by molar-refractivity contribution is 7.74. The van der Waals surface area contributed by atoms with Crippen LogP contribution in [-0.2, 0) is 23.2 Å². The molecule has 0 saturated carbocycles. The van der Waals surface area contributed by atoms with Gasteiger partial charge >= 0.3 is 13.0 Å². The van der Waals surface area contributed by atoms with Gasteiger partial charge in [-0.25, -0.2) is 4.57 Å². The molecule has 0 aliphatic heterocycles. The van der Waals surface area contributed by atoms with Crippen molar-refractivity contribution >= 4 is 25.1 Å². The van der Waals surface area contributed by atoms with Crippen LogP contribution in [0.4, 0.5) is 0 Å². The third-order valence-electron chi connectivity index (χ3n) is 1.15. The first kappa shape index (κ1) is 26.1. The van der Waals surface area contributed by atoms with E-state index in [4.69, 9.17) is 10.3 Å². The predicted octanol–water partition coefficient (Wildman–Crippen LogP) is 2.17. The van der Waals surface area contributed by atoms with Gasteiger partial charge in [-0.1, -0.05) is 7.43 Å². The summed E-state index contributed by atoms with van der Waals surface area (Å²) in [6, 6.07) is 0. The SMILES string of the molecule is C.C#CC.CC=O.COP(=O)(OC)C(=[N+]=[N-])C(C)=O. The van der Waals surface area contributed by atoms with Gasteiger partial charge in [-0.05, 0) is 13.8 Å². The molecule has 7 nitrogen and oxygen atoms in total. The Balaban J connectivity index is -0.000000137. The summed E-state index contributed by atoms with van der Waals surface area (Å²) in [5.41, 5.74) is 7.73. The van der Waals surface area contributed by atoms with Crippen LogP contribution in [-0.4, -0.2) is 36.5 Å². The van der Waals surface area contributed by atoms with Crippen molar-refractivity contribution in [1.82, 2.24) is 0 Å². The number of nitrogens with zero attached hydrogens (tertiary/aromatic N) is 2. The number of terminal acetylenes is 1. The first-order valence-electron chi connectivity index (χ1n) is 4.57. The molecule has 0 aliphatic rings. The molecule has 0 aromatic carbocycles. The van der Waals surface area contributed by atoms with Gasteiger partial charge in [-0.15, -0.1) is 12.3 Å². The summed E-state index contributed by atoms with van der Waals surface area (Å²) >= 11 is 0. The third-order valence-corrected chi connectivity index (χ3v) is 3.03. The highest BCUT2D eigenvalue weighted by Gasteiger charge is 2.41. The number of Topliss-reactive ketones (excluding diaryl/α,β-unsaturated/α-hetero) is 1. The fourth-order valence-electron chi connectivity index (χ4n) is 0.565. The van der Waals surface area contributed by atoms with Crippen molar-refractivity contribution in [2.45, 2.75) is 28.2 Å². The van der Waals surface area contributed by atoms with Crippen LogP contribution in [0.5, 0.6) is 0 Å². The highest BCUT2D eigenvalue weighted by atomic mass is 31.2. The molecule has 19 heavy (non-hydrogen) atoms. The maximum atomic E-state index is 11.4. The molecule has 0 saturated heterocycles. The first-order valence-corrected chi connectivity index (χ1v) is 6.11. The Bertz CT molecular complexity index is 386. The fourth-order valence-corrected chi connectivity index (χ4v) is 1.56. The quantitative estimate of drug-likeness (QED) is 0.197. The standard InChI is InChI=1S/C5H9N2O4P.C3H4.C2H4O.CH4/c1-4(8)5(7-6)12(9,10-2)11-3;1-3-2;1-2-3;/h1-3H3;1H,2H3;2H,1H3;1H4. The molecule has 0 radical (unpaired) electrons. The molecular formula is C11H21N2O5P. The Morgan fingerprint density at radius 3 is 1.74 bits per heavy atom. The zero-order valence-electron chi connectivity index (χ0n) is 11.0. The maximum Gasteiger partial charge on any atom is 0.446 e. The van der Waals surface area contributed by atoms with Crippen molar-refractivity contribution < 1.29 is 28.0 Å². The van der Waals surface area contributed by atoms with Crippen LogP contribution < -0.4 is 0 Å². The lowest BCUT2D eigenvalue weighted by Gasteiger charge is -2.05. The number of rotatable bonds is 4. The van der Waals surface area contributed by atoms with Crippen LogP contribution in [0.2, 0.25) is 0 Å². The van der Waals surface area contributed by atoms with Gasteiger partial charge < -0.3 is 19.4 Å². The summed E-state index contributed by atoms with van der Waals surface area (Å²) < 4.78 is 20.2. The summed E-state index contributed by atoms with van der Waals surface area (Å²) in [7, 11) is -1.51. The lowest BCUT2D eigenvalue weighted by Crippen LogP contribution is -2.13. The zero-order valence-corrected chi connectivity index (χ0v) is 11.9. The zero-order chi connectivity index (χ0) is 15.2. The minimum Gasteiger partial charge on any atom is -0.360 e. The molecular weight excluding hydrogens is 271 g/mol. The van der Waals surface area contributed by atoms with Crippen molar-refractivity contribution in [2.75, 3.05) is 14.2 Å². The van der Waals surface area contributed by atoms with E-state index in [0.717, 1.165) is 27.4 Å². The second kappa shape index (κ2) is 16.4. The smallest absolute Gasteiger partial charge is 0.360 e. The second-order valence-electron chi connectivity index (χ2n) is 2.37. The predicted molar refractivity (Wildman–Crippen MR) is 73.9 cm³/mol. The minimum absolute atomic E-state index is 0. The van der Waals surface area contributed by atoms with Gasteiger partial charge in [0.2, 0.25) is 5.78 Å². The third kappa shape index (κ3) is 12.7. The number of hydrogen-bond acceptors (Lipinski definition) is 5. The van der Waals surface area contributed by atoms with E-state index in [0.29, 0.717) is 0 Å². The largest absolute Gasteiger partial charge is 0.446 e. The highest BCUT2D eigenvalue weighted by Crippen LogP contribution is 2.47. The molecule has 0 amide bonds. The van der Waals surface area contributed by atoms with Crippen LogP contribution in [0, 0.1) is 12.3 Å². The lowest BCUT2D eigenvalue weighted by atomic mass is 10.5. The van der Waals surface area contributed by atoms with E-state index in [1.807, 2.05) is 0 Å². The molecule has 110 valence electrons. The first-order chi connectivity index (χ1) is 8.34. The number of carbonyl (C=O) groups excluding carboxylic acids is 2. The van der Waals surface area contributed by atoms with Crippen molar-refractivity contribution in [1.29, 1.82) is 0 Å². The molecule has 8 heteroatoms. The summed E-state index contributed by atoms with van der Waals surface area (Å²) in [6.07, 6.45) is 5.35. The Morgan fingerprint density at radius 1 is 1.42 bits per heavy atom. The monoisotopic (exact) mass is 292 g/mol. The number of carbonyl (C=O) groups is 2. The van der Waals surface area contributed by atoms with Crippen LogP contribution in [0.15, 0.2) is 0 Å². The molecule has 0 unspecified atom stereocenters. The average molecular weight is 292 g/mol. The molecule has 0 N–H and O–H groups in total. The van der Waals surface area contributed by atoms with Gasteiger partial charge in [0.05, 0.1) is 0 Å². The van der Waals surface area contributed by atoms with Crippen molar-refractivity contribution in [3.63, 3.8) is 0 Å². The summed E-state index contributed by atoms with van der Waals surface area (Å²) in [6.45, 7) is 4.19. The van der Waals surface area contributed by atoms with Crippen LogP contribution in [0.25, 0.3) is 5.53 Å². The summed E-state index contributed by atoms with van der Waals surface area (Å²) in [5.74, 6) is 1.59. The maximum absolute atomic E-state index is 11.4. The van der Waals surface area contributed by atoms with E-state index in [9.17, 15) is 9.36 Å². The van der Waals surface area contributed by atoms with Gasteiger partial charge in [0.1, 0.15) is 6.29 Å². The topological polar surface area (TPSA) is 106 Å². The van der Waals surface area contributed by atoms with E-state index in [-0.39, 0.29) is 7.43 Å². The molecule has 0 aromatic rings. The van der Waals surface area contributed by atoms with Gasteiger partial charge in [0.15, 0.2) is 0 Å². The minimum atomic E-state index is -3.70. The molecule has 0 heterocycles. The molecule has 0 bridgehead atoms. The second-order valence-corrected chi connectivity index (χ2v) is 4.52. The molecule has 0 fully saturated rings. The van der Waals surface area contributed by atoms with E-state index in [2.05, 4.69) is 26.2 Å². The van der Waals surface area contributed by atoms with Crippen LogP contribution >= 0.6 is 7.60 Å². The average Bonchev–Trinajstić information content (AvgIpc) is 2.31. The molecule has 0 aromatic heterocycles. The number of hydrogen-bond donors (Lipinski definition) is 0. The van der Waals surface area contributed by atoms with Crippen LogP contribution in [0.3, 0.4) is 0 Å². The summed E-state index contributed by atoms with van der Waals surface area (Å²) in [5, 5.41) is 0. The van der Waals surface area contributed by atoms with E-state index < -0.39 is 18.8 Å². The van der Waals surface area contributed by atoms with Crippen molar-refractivity contribution in [3.05, 3.63) is 5.53 Å².